The first kappa shape index (κ1) is 5.32. The number of rotatable bonds is 0. The zero-order chi connectivity index (χ0) is 6.27. The van der Waals surface area contributed by atoms with E-state index < -0.39 is 0 Å². The van der Waals surface area contributed by atoms with Crippen molar-refractivity contribution in [1.82, 2.24) is 0 Å². The summed E-state index contributed by atoms with van der Waals surface area (Å²) in [5, 5.41) is 0. The lowest BCUT2D eigenvalue weighted by molar-refractivity contribution is 0.0988. The summed E-state index contributed by atoms with van der Waals surface area (Å²) in [6, 6.07) is 0. The van der Waals surface area contributed by atoms with Crippen LogP contribution in [0.4, 0.5) is 0 Å². The summed E-state index contributed by atoms with van der Waals surface area (Å²) in [5.41, 5.74) is 0. The van der Waals surface area contributed by atoms with Crippen LogP contribution in [-0.2, 0) is 4.74 Å². The highest BCUT2D eigenvalue weighted by Gasteiger charge is 2.39. The van der Waals surface area contributed by atoms with Crippen molar-refractivity contribution in [2.75, 3.05) is 0 Å². The molecule has 2 fully saturated rings. The molecule has 2 rings (SSSR count). The minimum Gasteiger partial charge on any atom is -0.374 e. The van der Waals surface area contributed by atoms with E-state index in [1.165, 1.54) is 12.8 Å². The van der Waals surface area contributed by atoms with Gasteiger partial charge in [-0.25, -0.2) is 0 Å². The van der Waals surface area contributed by atoms with Crippen molar-refractivity contribution in [1.29, 1.82) is 0 Å². The molecule has 48 valence electrons. The molecule has 9 heavy (non-hydrogen) atoms. The van der Waals surface area contributed by atoms with E-state index >= 15 is 0 Å². The van der Waals surface area contributed by atoms with Crippen molar-refractivity contribution >= 4 is 0 Å². The van der Waals surface area contributed by atoms with Gasteiger partial charge in [-0.2, -0.15) is 0 Å². The normalized spacial score (nSPS) is 47.2. The van der Waals surface area contributed by atoms with Crippen LogP contribution in [0.1, 0.15) is 19.3 Å². The molecule has 0 radical (unpaired) electrons. The third kappa shape index (κ3) is 0.668. The molecule has 2 bridgehead atoms. The topological polar surface area (TPSA) is 9.23 Å². The maximum absolute atomic E-state index is 5.53. The Balaban J connectivity index is 2.12. The van der Waals surface area contributed by atoms with Crippen LogP contribution in [0.5, 0.6) is 0 Å². The van der Waals surface area contributed by atoms with Crippen molar-refractivity contribution < 1.29 is 4.74 Å². The molecule has 0 aromatic heterocycles. The fourth-order valence-corrected chi connectivity index (χ4v) is 1.81. The van der Waals surface area contributed by atoms with E-state index in [2.05, 4.69) is 5.92 Å². The second-order valence-corrected chi connectivity index (χ2v) is 2.88. The quantitative estimate of drug-likeness (QED) is 0.438. The molecule has 1 nitrogen and oxygen atoms in total. The molecule has 3 atom stereocenters. The smallest absolute Gasteiger partial charge is 0.0718 e. The Hall–Kier alpha value is -0.480. The molecule has 2 aliphatic heterocycles. The summed E-state index contributed by atoms with van der Waals surface area (Å²) in [6.07, 6.45) is 9.76. The van der Waals surface area contributed by atoms with Crippen LogP contribution in [0, 0.1) is 18.3 Å². The number of fused-ring (bicyclic) bond motifs is 2. The summed E-state index contributed by atoms with van der Waals surface area (Å²) in [4.78, 5) is 0. The standard InChI is InChI=1S/C8H10O/c1-2-6-5-7-3-4-8(6)9-7/h1,6-8H,3-5H2. The lowest BCUT2D eigenvalue weighted by Gasteiger charge is -2.10. The second kappa shape index (κ2) is 1.75. The first-order chi connectivity index (χ1) is 4.40. The van der Waals surface area contributed by atoms with Gasteiger partial charge in [0, 0.05) is 5.92 Å². The van der Waals surface area contributed by atoms with Crippen LogP contribution >= 0.6 is 0 Å². The van der Waals surface area contributed by atoms with Crippen molar-refractivity contribution in [3.63, 3.8) is 0 Å². The first-order valence-corrected chi connectivity index (χ1v) is 3.52. The summed E-state index contributed by atoms with van der Waals surface area (Å²) >= 11 is 0. The highest BCUT2D eigenvalue weighted by molar-refractivity contribution is 5.04. The molecule has 2 saturated heterocycles. The molecular weight excluding hydrogens is 112 g/mol. The van der Waals surface area contributed by atoms with Gasteiger partial charge in [0.1, 0.15) is 0 Å². The van der Waals surface area contributed by atoms with Crippen LogP contribution in [0.25, 0.3) is 0 Å². The molecule has 3 unspecified atom stereocenters. The van der Waals surface area contributed by atoms with E-state index in [0.717, 1.165) is 6.42 Å². The molecule has 0 N–H and O–H groups in total. The van der Waals surface area contributed by atoms with Gasteiger partial charge in [-0.1, -0.05) is 0 Å². The van der Waals surface area contributed by atoms with Crippen LogP contribution in [0.3, 0.4) is 0 Å². The maximum atomic E-state index is 5.53. The Morgan fingerprint density at radius 2 is 2.33 bits per heavy atom. The molecule has 0 aliphatic carbocycles. The SMILES string of the molecule is C#CC1CC2CCC1O2. The molecular formula is C8H10O. The molecule has 0 saturated carbocycles. The minimum absolute atomic E-state index is 0.417. The summed E-state index contributed by atoms with van der Waals surface area (Å²) < 4.78 is 5.53. The second-order valence-electron chi connectivity index (χ2n) is 2.88. The van der Waals surface area contributed by atoms with Crippen LogP contribution in [-0.4, -0.2) is 12.2 Å². The Bertz CT molecular complexity index is 156. The highest BCUT2D eigenvalue weighted by Crippen LogP contribution is 2.37. The lowest BCUT2D eigenvalue weighted by Crippen LogP contribution is -2.13. The largest absolute Gasteiger partial charge is 0.374 e. The Morgan fingerprint density at radius 3 is 2.67 bits per heavy atom. The zero-order valence-corrected chi connectivity index (χ0v) is 5.34. The van der Waals surface area contributed by atoms with Gasteiger partial charge in [-0.15, -0.1) is 12.3 Å². The molecule has 0 aromatic carbocycles. The first-order valence-electron chi connectivity index (χ1n) is 3.52. The van der Waals surface area contributed by atoms with Gasteiger partial charge in [-0.05, 0) is 19.3 Å². The summed E-state index contributed by atoms with van der Waals surface area (Å²) in [7, 11) is 0. The predicted molar refractivity (Wildman–Crippen MR) is 34.8 cm³/mol. The minimum atomic E-state index is 0.417. The third-order valence-corrected chi connectivity index (χ3v) is 2.32. The van der Waals surface area contributed by atoms with Gasteiger partial charge in [0.15, 0.2) is 0 Å². The molecule has 2 aliphatic rings. The van der Waals surface area contributed by atoms with Crippen LogP contribution < -0.4 is 0 Å². The Kier molecular flexibility index (Phi) is 1.03. The predicted octanol–water partition coefficient (Wildman–Crippen LogP) is 1.19. The number of hydrogen-bond donors (Lipinski definition) is 0. The summed E-state index contributed by atoms with van der Waals surface area (Å²) in [6.45, 7) is 0. The average molecular weight is 122 g/mol. The highest BCUT2D eigenvalue weighted by atomic mass is 16.5. The third-order valence-electron chi connectivity index (χ3n) is 2.32. The van der Waals surface area contributed by atoms with Crippen molar-refractivity contribution in [2.45, 2.75) is 31.5 Å². The molecule has 1 heteroatoms. The average Bonchev–Trinajstić information content (AvgIpc) is 2.45. The number of terminal acetylenes is 1. The van der Waals surface area contributed by atoms with E-state index in [4.69, 9.17) is 11.2 Å². The molecule has 0 amide bonds. The monoisotopic (exact) mass is 122 g/mol. The van der Waals surface area contributed by atoms with E-state index in [1.807, 2.05) is 0 Å². The summed E-state index contributed by atoms with van der Waals surface area (Å²) in [5.74, 6) is 3.20. The van der Waals surface area contributed by atoms with Gasteiger partial charge < -0.3 is 4.74 Å². The van der Waals surface area contributed by atoms with E-state index in [9.17, 15) is 0 Å². The van der Waals surface area contributed by atoms with Crippen LogP contribution in [0.2, 0.25) is 0 Å². The van der Waals surface area contributed by atoms with Crippen molar-refractivity contribution in [3.8, 4) is 12.3 Å². The van der Waals surface area contributed by atoms with Crippen molar-refractivity contribution in [2.24, 2.45) is 5.92 Å². The van der Waals surface area contributed by atoms with Gasteiger partial charge in [-0.3, -0.25) is 0 Å². The van der Waals surface area contributed by atoms with Crippen molar-refractivity contribution in [3.05, 3.63) is 0 Å². The molecule has 2 heterocycles. The number of hydrogen-bond acceptors (Lipinski definition) is 1. The maximum Gasteiger partial charge on any atom is 0.0718 e. The van der Waals surface area contributed by atoms with Gasteiger partial charge in [0.25, 0.3) is 0 Å². The molecule has 0 aromatic rings. The van der Waals surface area contributed by atoms with Gasteiger partial charge in [0.2, 0.25) is 0 Å². The van der Waals surface area contributed by atoms with E-state index in [-0.39, 0.29) is 0 Å². The Labute approximate surface area is 55.4 Å². The molecule has 0 spiro atoms. The van der Waals surface area contributed by atoms with E-state index in [0.29, 0.717) is 18.1 Å². The van der Waals surface area contributed by atoms with Gasteiger partial charge in [0.05, 0.1) is 12.2 Å². The lowest BCUT2D eigenvalue weighted by atomic mass is 9.90. The fourth-order valence-electron chi connectivity index (χ4n) is 1.81. The number of ether oxygens (including phenoxy) is 1. The van der Waals surface area contributed by atoms with Gasteiger partial charge >= 0.3 is 0 Å². The zero-order valence-electron chi connectivity index (χ0n) is 5.34. The fraction of sp³-hybridized carbons (Fsp3) is 0.750. The van der Waals surface area contributed by atoms with E-state index in [1.54, 1.807) is 0 Å². The Morgan fingerprint density at radius 1 is 1.44 bits per heavy atom. The van der Waals surface area contributed by atoms with Crippen LogP contribution in [0.15, 0.2) is 0 Å².